The second kappa shape index (κ2) is 6.34. The predicted molar refractivity (Wildman–Crippen MR) is 80.5 cm³/mol. The van der Waals surface area contributed by atoms with Crippen LogP contribution in [-0.2, 0) is 16.0 Å². The molecule has 0 spiro atoms. The largest absolute Gasteiger partial charge is 0.550 e. The van der Waals surface area contributed by atoms with Crippen molar-refractivity contribution in [2.24, 2.45) is 23.7 Å². The Morgan fingerprint density at radius 1 is 1.09 bits per heavy atom. The van der Waals surface area contributed by atoms with Gasteiger partial charge in [0.2, 0.25) is 5.91 Å². The van der Waals surface area contributed by atoms with Crippen molar-refractivity contribution in [1.82, 2.24) is 5.32 Å². The number of carbonyl (C=O) groups is 2. The molecule has 2 aliphatic rings. The van der Waals surface area contributed by atoms with Crippen LogP contribution >= 0.6 is 0 Å². The van der Waals surface area contributed by atoms with Gasteiger partial charge in [-0.2, -0.15) is 0 Å². The number of hydrogen-bond donors (Lipinski definition) is 1. The van der Waals surface area contributed by atoms with Gasteiger partial charge in [-0.3, -0.25) is 4.79 Å². The van der Waals surface area contributed by atoms with Crippen LogP contribution in [0.3, 0.4) is 0 Å². The van der Waals surface area contributed by atoms with E-state index in [-0.39, 0.29) is 17.7 Å². The van der Waals surface area contributed by atoms with E-state index < -0.39 is 17.8 Å². The van der Waals surface area contributed by atoms with E-state index in [0.717, 1.165) is 19.3 Å². The van der Waals surface area contributed by atoms with Gasteiger partial charge in [0, 0.05) is 18.4 Å². The van der Waals surface area contributed by atoms with Crippen LogP contribution in [0.15, 0.2) is 42.5 Å². The number of carboxylic acids is 1. The van der Waals surface area contributed by atoms with Crippen molar-refractivity contribution in [2.45, 2.75) is 19.3 Å². The molecule has 3 rings (SSSR count). The molecule has 1 N–H and O–H groups in total. The third kappa shape index (κ3) is 2.91. The summed E-state index contributed by atoms with van der Waals surface area (Å²) in [6.45, 7) is 0.575. The van der Waals surface area contributed by atoms with Crippen molar-refractivity contribution in [3.05, 3.63) is 48.0 Å². The molecule has 0 saturated heterocycles. The van der Waals surface area contributed by atoms with Gasteiger partial charge in [-0.05, 0) is 36.7 Å². The second-order valence-electron chi connectivity index (χ2n) is 6.20. The molecule has 4 heteroatoms. The number of carbonyl (C=O) groups excluding carboxylic acids is 2. The summed E-state index contributed by atoms with van der Waals surface area (Å²) >= 11 is 0. The lowest BCUT2D eigenvalue weighted by atomic mass is 9.82. The van der Waals surface area contributed by atoms with Gasteiger partial charge >= 0.3 is 0 Å². The first-order valence-corrected chi connectivity index (χ1v) is 7.87. The molecule has 1 saturated carbocycles. The minimum atomic E-state index is -1.10. The molecule has 4 nitrogen and oxygen atoms in total. The molecule has 116 valence electrons. The molecule has 2 bridgehead atoms. The summed E-state index contributed by atoms with van der Waals surface area (Å²) in [6.07, 6.45) is 6.42. The van der Waals surface area contributed by atoms with E-state index >= 15 is 0 Å². The number of aliphatic carboxylic acids is 1. The van der Waals surface area contributed by atoms with E-state index in [0.29, 0.717) is 6.54 Å². The number of benzene rings is 1. The lowest BCUT2D eigenvalue weighted by molar-refractivity contribution is -0.313. The number of hydrogen-bond acceptors (Lipinski definition) is 3. The van der Waals surface area contributed by atoms with Gasteiger partial charge in [0.05, 0.1) is 5.92 Å². The van der Waals surface area contributed by atoms with E-state index in [1.165, 1.54) is 5.56 Å². The number of carboxylic acid groups (broad SMARTS) is 1. The highest BCUT2D eigenvalue weighted by Gasteiger charge is 2.48. The molecule has 1 amide bonds. The zero-order valence-corrected chi connectivity index (χ0v) is 12.4. The number of nitrogens with one attached hydrogen (secondary N) is 1. The van der Waals surface area contributed by atoms with Gasteiger partial charge in [0.1, 0.15) is 0 Å². The van der Waals surface area contributed by atoms with Crippen LogP contribution in [0.4, 0.5) is 0 Å². The first-order chi connectivity index (χ1) is 10.7. The van der Waals surface area contributed by atoms with Crippen LogP contribution in [0.1, 0.15) is 18.4 Å². The van der Waals surface area contributed by atoms with Crippen LogP contribution in [0, 0.1) is 23.7 Å². The maximum Gasteiger partial charge on any atom is 0.224 e. The molecular weight excluding hydrogens is 278 g/mol. The standard InChI is InChI=1S/C18H21NO3/c20-17(19-10-4-7-12-5-2-1-3-6-12)15-13-8-9-14(11-13)16(15)18(21)22/h1-3,5-6,8-9,13-16H,4,7,10-11H2,(H,19,20)(H,21,22)/p-1/t13-,14+,15+,16-/m0/s1. The van der Waals surface area contributed by atoms with Gasteiger partial charge in [0.25, 0.3) is 0 Å². The van der Waals surface area contributed by atoms with Crippen molar-refractivity contribution in [2.75, 3.05) is 6.54 Å². The van der Waals surface area contributed by atoms with Crippen LogP contribution in [0.5, 0.6) is 0 Å². The molecule has 0 radical (unpaired) electrons. The number of fused-ring (bicyclic) bond motifs is 2. The maximum atomic E-state index is 12.3. The van der Waals surface area contributed by atoms with Gasteiger partial charge in [-0.1, -0.05) is 42.5 Å². The molecular formula is C18H20NO3-. The third-order valence-electron chi connectivity index (χ3n) is 4.82. The topological polar surface area (TPSA) is 69.2 Å². The molecule has 4 atom stereocenters. The lowest BCUT2D eigenvalue weighted by Gasteiger charge is -2.27. The summed E-state index contributed by atoms with van der Waals surface area (Å²) in [5.74, 6) is -2.33. The monoisotopic (exact) mass is 298 g/mol. The van der Waals surface area contributed by atoms with Crippen molar-refractivity contribution >= 4 is 11.9 Å². The lowest BCUT2D eigenvalue weighted by Crippen LogP contribution is -2.45. The molecule has 0 heterocycles. The quantitative estimate of drug-likeness (QED) is 0.627. The summed E-state index contributed by atoms with van der Waals surface area (Å²) in [4.78, 5) is 23.6. The Bertz CT molecular complexity index is 581. The number of rotatable bonds is 6. The fourth-order valence-electron chi connectivity index (χ4n) is 3.77. The average molecular weight is 298 g/mol. The van der Waals surface area contributed by atoms with Crippen molar-refractivity contribution in [3.8, 4) is 0 Å². The van der Waals surface area contributed by atoms with E-state index in [4.69, 9.17) is 0 Å². The van der Waals surface area contributed by atoms with Crippen molar-refractivity contribution in [1.29, 1.82) is 0 Å². The Balaban J connectivity index is 1.50. The van der Waals surface area contributed by atoms with Crippen LogP contribution in [-0.4, -0.2) is 18.4 Å². The molecule has 0 aliphatic heterocycles. The van der Waals surface area contributed by atoms with Crippen LogP contribution in [0.2, 0.25) is 0 Å². The number of aryl methyl sites for hydroxylation is 1. The molecule has 1 aromatic carbocycles. The summed E-state index contributed by atoms with van der Waals surface area (Å²) in [6, 6.07) is 10.1. The fourth-order valence-corrected chi connectivity index (χ4v) is 3.77. The molecule has 1 aromatic rings. The molecule has 2 aliphatic carbocycles. The number of amides is 1. The summed E-state index contributed by atoms with van der Waals surface area (Å²) < 4.78 is 0. The van der Waals surface area contributed by atoms with E-state index in [9.17, 15) is 14.7 Å². The van der Waals surface area contributed by atoms with E-state index in [1.54, 1.807) is 0 Å². The zero-order valence-electron chi connectivity index (χ0n) is 12.4. The highest BCUT2D eigenvalue weighted by molar-refractivity contribution is 5.86. The fraction of sp³-hybridized carbons (Fsp3) is 0.444. The van der Waals surface area contributed by atoms with Crippen LogP contribution in [0.25, 0.3) is 0 Å². The zero-order chi connectivity index (χ0) is 15.5. The normalized spacial score (nSPS) is 28.7. The SMILES string of the molecule is O=C([O-])[C@@H]1[C@H](C(=O)NCCCc2ccccc2)[C@H]2C=C[C@@H]1C2. The summed E-state index contributed by atoms with van der Waals surface area (Å²) in [5, 5.41) is 14.2. The Labute approximate surface area is 130 Å². The third-order valence-corrected chi connectivity index (χ3v) is 4.82. The Morgan fingerprint density at radius 3 is 2.45 bits per heavy atom. The first-order valence-electron chi connectivity index (χ1n) is 7.87. The smallest absolute Gasteiger partial charge is 0.224 e. The molecule has 22 heavy (non-hydrogen) atoms. The molecule has 0 aromatic heterocycles. The highest BCUT2D eigenvalue weighted by atomic mass is 16.4. The summed E-state index contributed by atoms with van der Waals surface area (Å²) in [5.41, 5.74) is 1.24. The van der Waals surface area contributed by atoms with Crippen LogP contribution < -0.4 is 10.4 Å². The summed E-state index contributed by atoms with van der Waals surface area (Å²) in [7, 11) is 0. The number of allylic oxidation sites excluding steroid dienone is 2. The van der Waals surface area contributed by atoms with Crippen molar-refractivity contribution < 1.29 is 14.7 Å². The second-order valence-corrected chi connectivity index (χ2v) is 6.20. The average Bonchev–Trinajstić information content (AvgIpc) is 3.13. The first kappa shape index (κ1) is 14.8. The minimum Gasteiger partial charge on any atom is -0.550 e. The van der Waals surface area contributed by atoms with E-state index in [2.05, 4.69) is 17.4 Å². The van der Waals surface area contributed by atoms with Gasteiger partial charge in [-0.15, -0.1) is 0 Å². The van der Waals surface area contributed by atoms with Gasteiger partial charge in [-0.25, -0.2) is 0 Å². The predicted octanol–water partition coefficient (Wildman–Crippen LogP) is 0.924. The Morgan fingerprint density at radius 2 is 1.77 bits per heavy atom. The Kier molecular flexibility index (Phi) is 4.27. The highest BCUT2D eigenvalue weighted by Crippen LogP contribution is 2.47. The van der Waals surface area contributed by atoms with E-state index in [1.807, 2.05) is 30.4 Å². The minimum absolute atomic E-state index is 0.0323. The van der Waals surface area contributed by atoms with Crippen molar-refractivity contribution in [3.63, 3.8) is 0 Å². The molecule has 0 unspecified atom stereocenters. The van der Waals surface area contributed by atoms with Gasteiger partial charge in [0.15, 0.2) is 0 Å². The maximum absolute atomic E-state index is 12.3. The Hall–Kier alpha value is -2.10. The molecule has 1 fully saturated rings. The van der Waals surface area contributed by atoms with Gasteiger partial charge < -0.3 is 15.2 Å².